The maximum Gasteiger partial charge on any atom is 0.131 e. The fraction of sp³-hybridized carbons (Fsp3) is 0.400. The van der Waals surface area contributed by atoms with Gasteiger partial charge in [0.25, 0.3) is 0 Å². The molecule has 0 aliphatic rings. The van der Waals surface area contributed by atoms with Crippen LogP contribution in [0.4, 0.5) is 0 Å². The Balaban J connectivity index is 3.00. The quantitative estimate of drug-likeness (QED) is 0.564. The molecule has 1 rings (SSSR count). The van der Waals surface area contributed by atoms with Crippen molar-refractivity contribution in [3.8, 4) is 5.75 Å². The molecular formula is C10H15IOSi. The molecule has 0 radical (unpaired) electrons. The molecule has 0 N–H and O–H groups in total. The van der Waals surface area contributed by atoms with Gasteiger partial charge in [0, 0.05) is 10.2 Å². The summed E-state index contributed by atoms with van der Waals surface area (Å²) in [5.74, 6) is 1.07. The van der Waals surface area contributed by atoms with E-state index in [1.165, 1.54) is 8.76 Å². The Bertz CT molecular complexity index is 284. The van der Waals surface area contributed by atoms with Crippen molar-refractivity contribution in [3.63, 3.8) is 0 Å². The Kier molecular flexibility index (Phi) is 3.40. The maximum absolute atomic E-state index is 5.89. The molecule has 0 aliphatic carbocycles. The third-order valence-electron chi connectivity index (χ3n) is 1.57. The van der Waals surface area contributed by atoms with Crippen LogP contribution in [0.1, 0.15) is 20.8 Å². The number of rotatable bonds is 1. The van der Waals surface area contributed by atoms with Crippen LogP contribution >= 0.6 is 22.6 Å². The van der Waals surface area contributed by atoms with Crippen LogP contribution in [0.5, 0.6) is 5.75 Å². The summed E-state index contributed by atoms with van der Waals surface area (Å²) in [6, 6.07) is 6.30. The first kappa shape index (κ1) is 11.0. The lowest BCUT2D eigenvalue weighted by molar-refractivity contribution is 0.131. The molecule has 0 aliphatic heterocycles. The highest BCUT2D eigenvalue weighted by Gasteiger charge is 2.14. The predicted molar refractivity (Wildman–Crippen MR) is 69.1 cm³/mol. The Morgan fingerprint density at radius 1 is 1.31 bits per heavy atom. The zero-order chi connectivity index (χ0) is 10.1. The highest BCUT2D eigenvalue weighted by Crippen LogP contribution is 2.21. The molecule has 1 aromatic carbocycles. The van der Waals surface area contributed by atoms with E-state index in [1.54, 1.807) is 0 Å². The van der Waals surface area contributed by atoms with Gasteiger partial charge in [0.2, 0.25) is 0 Å². The number of hydrogen-bond acceptors (Lipinski definition) is 1. The van der Waals surface area contributed by atoms with Gasteiger partial charge in [-0.15, -0.1) is 0 Å². The lowest BCUT2D eigenvalue weighted by Crippen LogP contribution is -2.27. The molecule has 3 heteroatoms. The SMILES string of the molecule is CC(C)(C)Oc1c([SiH3])cccc1I. The third-order valence-corrected chi connectivity index (χ3v) is 3.21. The van der Waals surface area contributed by atoms with Gasteiger partial charge in [-0.2, -0.15) is 0 Å². The molecule has 0 saturated heterocycles. The Labute approximate surface area is 96.4 Å². The first-order valence-electron chi connectivity index (χ1n) is 4.34. The highest BCUT2D eigenvalue weighted by atomic mass is 127. The number of ether oxygens (including phenoxy) is 1. The third kappa shape index (κ3) is 3.30. The molecule has 13 heavy (non-hydrogen) atoms. The van der Waals surface area contributed by atoms with Gasteiger partial charge in [-0.25, -0.2) is 0 Å². The molecule has 0 saturated carbocycles. The monoisotopic (exact) mass is 306 g/mol. The van der Waals surface area contributed by atoms with Crippen LogP contribution in [0.3, 0.4) is 0 Å². The molecule has 0 fully saturated rings. The molecule has 0 atom stereocenters. The van der Waals surface area contributed by atoms with Crippen molar-refractivity contribution >= 4 is 38.0 Å². The van der Waals surface area contributed by atoms with Gasteiger partial charge in [-0.1, -0.05) is 12.1 Å². The minimum atomic E-state index is -0.0968. The van der Waals surface area contributed by atoms with E-state index in [0.29, 0.717) is 0 Å². The van der Waals surface area contributed by atoms with E-state index in [-0.39, 0.29) is 5.60 Å². The Morgan fingerprint density at radius 2 is 1.92 bits per heavy atom. The molecule has 0 amide bonds. The zero-order valence-corrected chi connectivity index (χ0v) is 12.7. The standard InChI is InChI=1S/C10H15IOSi/c1-10(2,3)12-9-7(11)5-4-6-8(9)13/h4-6H,1-3,13H3. The van der Waals surface area contributed by atoms with Crippen LogP contribution in [0.15, 0.2) is 18.2 Å². The normalized spacial score (nSPS) is 11.7. The van der Waals surface area contributed by atoms with Gasteiger partial charge in [-0.3, -0.25) is 0 Å². The lowest BCUT2D eigenvalue weighted by Gasteiger charge is -2.23. The van der Waals surface area contributed by atoms with E-state index in [2.05, 4.69) is 61.6 Å². The van der Waals surface area contributed by atoms with Crippen molar-refractivity contribution in [3.05, 3.63) is 21.8 Å². The maximum atomic E-state index is 5.89. The van der Waals surface area contributed by atoms with Crippen molar-refractivity contribution in [1.82, 2.24) is 0 Å². The average molecular weight is 306 g/mol. The fourth-order valence-corrected chi connectivity index (χ4v) is 2.87. The van der Waals surface area contributed by atoms with Gasteiger partial charge in [0.1, 0.15) is 11.4 Å². The molecule has 0 bridgehead atoms. The minimum absolute atomic E-state index is 0.0968. The van der Waals surface area contributed by atoms with Crippen LogP contribution in [-0.2, 0) is 0 Å². The van der Waals surface area contributed by atoms with E-state index in [9.17, 15) is 0 Å². The lowest BCUT2D eigenvalue weighted by atomic mass is 10.2. The molecule has 72 valence electrons. The van der Waals surface area contributed by atoms with E-state index in [4.69, 9.17) is 4.74 Å². The first-order chi connectivity index (χ1) is 5.90. The van der Waals surface area contributed by atoms with Gasteiger partial charge < -0.3 is 4.74 Å². The summed E-state index contributed by atoms with van der Waals surface area (Å²) in [6.45, 7) is 6.24. The summed E-state index contributed by atoms with van der Waals surface area (Å²) in [6.07, 6.45) is 0. The van der Waals surface area contributed by atoms with E-state index in [1.807, 2.05) is 0 Å². The molecule has 0 unspecified atom stereocenters. The van der Waals surface area contributed by atoms with Crippen LogP contribution in [-0.4, -0.2) is 15.8 Å². The first-order valence-corrected chi connectivity index (χ1v) is 6.42. The number of para-hydroxylation sites is 1. The molecule has 0 spiro atoms. The van der Waals surface area contributed by atoms with Crippen molar-refractivity contribution in [2.45, 2.75) is 26.4 Å². The summed E-state index contributed by atoms with van der Waals surface area (Å²) in [5.41, 5.74) is -0.0968. The summed E-state index contributed by atoms with van der Waals surface area (Å²) >= 11 is 2.32. The number of hydrogen-bond donors (Lipinski definition) is 0. The molecule has 0 heterocycles. The summed E-state index contributed by atoms with van der Waals surface area (Å²) in [7, 11) is 1.04. The average Bonchev–Trinajstić information content (AvgIpc) is 1.95. The molecule has 1 aromatic rings. The Hall–Kier alpha value is -0.0331. The second-order valence-corrected chi connectivity index (χ2v) is 6.34. The van der Waals surface area contributed by atoms with Gasteiger partial charge in [0.15, 0.2) is 0 Å². The largest absolute Gasteiger partial charge is 0.487 e. The van der Waals surface area contributed by atoms with Gasteiger partial charge in [-0.05, 0) is 54.6 Å². The number of halogens is 1. The second-order valence-electron chi connectivity index (χ2n) is 4.10. The second kappa shape index (κ2) is 4.00. The highest BCUT2D eigenvalue weighted by molar-refractivity contribution is 14.1. The zero-order valence-electron chi connectivity index (χ0n) is 8.52. The number of benzene rings is 1. The predicted octanol–water partition coefficient (Wildman–Crippen LogP) is 1.46. The van der Waals surface area contributed by atoms with Crippen LogP contribution in [0.2, 0.25) is 0 Å². The topological polar surface area (TPSA) is 9.23 Å². The van der Waals surface area contributed by atoms with Crippen molar-refractivity contribution in [2.75, 3.05) is 0 Å². The van der Waals surface area contributed by atoms with Crippen molar-refractivity contribution < 1.29 is 4.74 Å². The van der Waals surface area contributed by atoms with E-state index >= 15 is 0 Å². The smallest absolute Gasteiger partial charge is 0.131 e. The fourth-order valence-electron chi connectivity index (χ4n) is 1.05. The summed E-state index contributed by atoms with van der Waals surface area (Å²) in [4.78, 5) is 0. The Morgan fingerprint density at radius 3 is 2.38 bits per heavy atom. The van der Waals surface area contributed by atoms with E-state index < -0.39 is 0 Å². The summed E-state index contributed by atoms with van der Waals surface area (Å²) < 4.78 is 7.10. The van der Waals surface area contributed by atoms with Crippen LogP contribution in [0, 0.1) is 3.57 Å². The van der Waals surface area contributed by atoms with Gasteiger partial charge >= 0.3 is 0 Å². The van der Waals surface area contributed by atoms with Crippen LogP contribution in [0.25, 0.3) is 0 Å². The van der Waals surface area contributed by atoms with E-state index in [0.717, 1.165) is 16.0 Å². The van der Waals surface area contributed by atoms with Crippen molar-refractivity contribution in [1.29, 1.82) is 0 Å². The van der Waals surface area contributed by atoms with Crippen LogP contribution < -0.4 is 9.92 Å². The van der Waals surface area contributed by atoms with Gasteiger partial charge in [0.05, 0.1) is 3.57 Å². The molecular weight excluding hydrogens is 291 g/mol. The van der Waals surface area contributed by atoms with Crippen molar-refractivity contribution in [2.24, 2.45) is 0 Å². The summed E-state index contributed by atoms with van der Waals surface area (Å²) in [5, 5.41) is 1.34. The molecule has 1 nitrogen and oxygen atoms in total. The minimum Gasteiger partial charge on any atom is -0.487 e. The molecule has 0 aromatic heterocycles.